The first-order valence-electron chi connectivity index (χ1n) is 3.57. The van der Waals surface area contributed by atoms with Crippen LogP contribution >= 0.6 is 42.5 Å². The highest BCUT2D eigenvalue weighted by Crippen LogP contribution is 2.34. The van der Waals surface area contributed by atoms with Crippen LogP contribution in [0.1, 0.15) is 0 Å². The van der Waals surface area contributed by atoms with Gasteiger partial charge in [0, 0.05) is 16.7 Å². The van der Waals surface area contributed by atoms with Crippen molar-refractivity contribution in [3.8, 4) is 5.88 Å². The van der Waals surface area contributed by atoms with E-state index in [4.69, 9.17) is 10.7 Å². The van der Waals surface area contributed by atoms with Crippen molar-refractivity contribution < 1.29 is 26.3 Å². The number of aromatic nitrogens is 1. The zero-order valence-corrected chi connectivity index (χ0v) is 12.2. The van der Waals surface area contributed by atoms with E-state index in [1.54, 1.807) is 0 Å². The first kappa shape index (κ1) is 15.0. The lowest BCUT2D eigenvalue weighted by molar-refractivity contribution is -0.276. The zero-order chi connectivity index (χ0) is 13.4. The zero-order valence-electron chi connectivity index (χ0n) is 7.43. The number of rotatable bonds is 2. The number of pyridine rings is 1. The lowest BCUT2D eigenvalue weighted by atomic mass is 10.5. The smallest absolute Gasteiger partial charge is 0.388 e. The molecular weight excluding hydrogens is 418 g/mol. The minimum atomic E-state index is -4.98. The van der Waals surface area contributed by atoms with E-state index in [-0.39, 0.29) is 9.08 Å². The Hall–Kier alpha value is -0.0600. The van der Waals surface area contributed by atoms with E-state index in [1.807, 2.05) is 0 Å². The molecule has 0 spiro atoms. The highest BCUT2D eigenvalue weighted by molar-refractivity contribution is 9.13. The van der Waals surface area contributed by atoms with E-state index in [1.165, 1.54) is 0 Å². The molecule has 0 aliphatic carbocycles. The van der Waals surface area contributed by atoms with Gasteiger partial charge in [-0.15, -0.1) is 13.2 Å². The largest absolute Gasteiger partial charge is 0.574 e. The predicted octanol–water partition coefficient (Wildman–Crippen LogP) is 3.43. The molecule has 0 amide bonds. The molecule has 1 aromatic rings. The Kier molecular flexibility index (Phi) is 4.33. The van der Waals surface area contributed by atoms with E-state index >= 15 is 0 Å². The third-order valence-corrected chi connectivity index (χ3v) is 4.86. The third-order valence-electron chi connectivity index (χ3n) is 1.34. The van der Waals surface area contributed by atoms with Crippen LogP contribution in [0.5, 0.6) is 5.88 Å². The van der Waals surface area contributed by atoms with Gasteiger partial charge in [0.25, 0.3) is 9.05 Å². The van der Waals surface area contributed by atoms with E-state index in [9.17, 15) is 21.6 Å². The van der Waals surface area contributed by atoms with Crippen LogP contribution in [0.15, 0.2) is 20.0 Å². The summed E-state index contributed by atoms with van der Waals surface area (Å²) in [5.74, 6) is -0.938. The van der Waals surface area contributed by atoms with Crippen LogP contribution in [0.4, 0.5) is 13.2 Å². The Balaban J connectivity index is 3.35. The SMILES string of the molecule is O=S(=O)(Cl)c1cc(OC(F)(F)F)nc(Br)c1Br. The molecule has 0 aromatic carbocycles. The van der Waals surface area contributed by atoms with Crippen LogP contribution in [0.3, 0.4) is 0 Å². The second-order valence-electron chi connectivity index (χ2n) is 2.55. The van der Waals surface area contributed by atoms with Crippen molar-refractivity contribution in [1.82, 2.24) is 4.98 Å². The monoisotopic (exact) mass is 417 g/mol. The molecule has 0 aliphatic heterocycles. The minimum absolute atomic E-state index is 0.0953. The summed E-state index contributed by atoms with van der Waals surface area (Å²) in [6, 6.07) is 0.560. The molecule has 1 heterocycles. The Bertz CT molecular complexity index is 548. The van der Waals surface area contributed by atoms with Crippen molar-refractivity contribution in [3.63, 3.8) is 0 Å². The summed E-state index contributed by atoms with van der Waals surface area (Å²) in [7, 11) is 0.810. The molecule has 96 valence electrons. The second-order valence-corrected chi connectivity index (χ2v) is 6.63. The van der Waals surface area contributed by atoms with Gasteiger partial charge in [-0.1, -0.05) is 0 Å². The molecule has 0 bridgehead atoms. The summed E-state index contributed by atoms with van der Waals surface area (Å²) < 4.78 is 61.1. The van der Waals surface area contributed by atoms with E-state index in [2.05, 4.69) is 41.6 Å². The number of hydrogen-bond donors (Lipinski definition) is 0. The first-order chi connectivity index (χ1) is 7.50. The molecule has 11 heteroatoms. The van der Waals surface area contributed by atoms with Gasteiger partial charge in [0.05, 0.1) is 4.47 Å². The van der Waals surface area contributed by atoms with Crippen LogP contribution in [0.2, 0.25) is 0 Å². The number of halogens is 6. The third kappa shape index (κ3) is 4.27. The molecule has 0 atom stereocenters. The molecular formula is C6HBr2ClF3NO3S. The maximum Gasteiger partial charge on any atom is 0.574 e. The second kappa shape index (κ2) is 4.90. The summed E-state index contributed by atoms with van der Waals surface area (Å²) in [4.78, 5) is 2.75. The highest BCUT2D eigenvalue weighted by atomic mass is 79.9. The van der Waals surface area contributed by atoms with E-state index < -0.39 is 26.2 Å². The average molecular weight is 419 g/mol. The summed E-state index contributed by atoms with van der Waals surface area (Å²) in [6.45, 7) is 0. The fourth-order valence-corrected chi connectivity index (χ4v) is 3.36. The molecule has 0 saturated heterocycles. The molecule has 4 nitrogen and oxygen atoms in total. The lowest BCUT2D eigenvalue weighted by Gasteiger charge is -2.10. The topological polar surface area (TPSA) is 56.3 Å². The van der Waals surface area contributed by atoms with Gasteiger partial charge in [0.15, 0.2) is 0 Å². The molecule has 1 aromatic heterocycles. The molecule has 1 rings (SSSR count). The maximum atomic E-state index is 11.9. The number of hydrogen-bond acceptors (Lipinski definition) is 4. The maximum absolute atomic E-state index is 11.9. The van der Waals surface area contributed by atoms with Gasteiger partial charge < -0.3 is 4.74 Å². The van der Waals surface area contributed by atoms with Crippen molar-refractivity contribution in [2.45, 2.75) is 11.3 Å². The molecule has 17 heavy (non-hydrogen) atoms. The van der Waals surface area contributed by atoms with Crippen LogP contribution in [-0.4, -0.2) is 19.8 Å². The summed E-state index contributed by atoms with van der Waals surface area (Å²) in [6.07, 6.45) is -4.98. The van der Waals surface area contributed by atoms with Gasteiger partial charge in [0.1, 0.15) is 9.50 Å². The van der Waals surface area contributed by atoms with Crippen molar-refractivity contribution in [1.29, 1.82) is 0 Å². The molecule has 0 N–H and O–H groups in total. The molecule has 0 radical (unpaired) electrons. The molecule has 0 aliphatic rings. The van der Waals surface area contributed by atoms with Crippen molar-refractivity contribution in [2.75, 3.05) is 0 Å². The standard InChI is InChI=1S/C6HBr2ClF3NO3S/c7-4-2(17(9,14)15)1-3(13-5(4)8)16-6(10,11)12/h1H. The molecule has 0 saturated carbocycles. The van der Waals surface area contributed by atoms with Gasteiger partial charge in [-0.2, -0.15) is 0 Å². The first-order valence-corrected chi connectivity index (χ1v) is 7.46. The van der Waals surface area contributed by atoms with E-state index in [0.717, 1.165) is 0 Å². The fraction of sp³-hybridized carbons (Fsp3) is 0.167. The van der Waals surface area contributed by atoms with Crippen LogP contribution in [-0.2, 0) is 9.05 Å². The van der Waals surface area contributed by atoms with E-state index in [0.29, 0.717) is 6.07 Å². The Morgan fingerprint density at radius 2 is 1.88 bits per heavy atom. The molecule has 0 unspecified atom stereocenters. The van der Waals surface area contributed by atoms with Crippen molar-refractivity contribution in [2.24, 2.45) is 0 Å². The summed E-state index contributed by atoms with van der Waals surface area (Å²) in [5.41, 5.74) is 0. The Morgan fingerprint density at radius 3 is 2.29 bits per heavy atom. The van der Waals surface area contributed by atoms with Gasteiger partial charge in [0.2, 0.25) is 5.88 Å². The number of alkyl halides is 3. The fourth-order valence-electron chi connectivity index (χ4n) is 0.804. The van der Waals surface area contributed by atoms with Crippen LogP contribution < -0.4 is 4.74 Å². The van der Waals surface area contributed by atoms with Crippen LogP contribution in [0, 0.1) is 0 Å². The normalized spacial score (nSPS) is 12.6. The predicted molar refractivity (Wildman–Crippen MR) is 59.4 cm³/mol. The summed E-state index contributed by atoms with van der Waals surface area (Å²) in [5, 5.41) is 0. The lowest BCUT2D eigenvalue weighted by Crippen LogP contribution is -2.18. The van der Waals surface area contributed by atoms with Gasteiger partial charge >= 0.3 is 6.36 Å². The quantitative estimate of drug-likeness (QED) is 0.545. The van der Waals surface area contributed by atoms with Gasteiger partial charge in [-0.05, 0) is 31.9 Å². The number of ether oxygens (including phenoxy) is 1. The van der Waals surface area contributed by atoms with Crippen molar-refractivity contribution in [3.05, 3.63) is 15.1 Å². The van der Waals surface area contributed by atoms with Gasteiger partial charge in [-0.3, -0.25) is 0 Å². The van der Waals surface area contributed by atoms with Crippen molar-refractivity contribution >= 4 is 51.6 Å². The molecule has 0 fully saturated rings. The average Bonchev–Trinajstić information content (AvgIpc) is 2.06. The Labute approximate surface area is 115 Å². The van der Waals surface area contributed by atoms with Gasteiger partial charge in [-0.25, -0.2) is 13.4 Å². The minimum Gasteiger partial charge on any atom is -0.388 e. The van der Waals surface area contributed by atoms with Crippen LogP contribution in [0.25, 0.3) is 0 Å². The number of nitrogens with zero attached hydrogens (tertiary/aromatic N) is 1. The summed E-state index contributed by atoms with van der Waals surface area (Å²) >= 11 is 5.59. The highest BCUT2D eigenvalue weighted by Gasteiger charge is 2.33. The Morgan fingerprint density at radius 1 is 1.35 bits per heavy atom.